The first-order chi connectivity index (χ1) is 6.94. The molecule has 0 amide bonds. The van der Waals surface area contributed by atoms with Crippen molar-refractivity contribution < 1.29 is 0 Å². The zero-order chi connectivity index (χ0) is 11.5. The van der Waals surface area contributed by atoms with E-state index in [0.29, 0.717) is 15.9 Å². The summed E-state index contributed by atoms with van der Waals surface area (Å²) in [6.07, 6.45) is 2.15. The Balaban J connectivity index is 2.31. The molecule has 88 valence electrons. The van der Waals surface area contributed by atoms with Gasteiger partial charge in [0, 0.05) is 16.5 Å². The summed E-state index contributed by atoms with van der Waals surface area (Å²) in [5.41, 5.74) is 0. The van der Waals surface area contributed by atoms with Crippen LogP contribution in [-0.4, -0.2) is 34.5 Å². The number of nitrogens with zero attached hydrogens (tertiary/aromatic N) is 1. The van der Waals surface area contributed by atoms with E-state index >= 15 is 0 Å². The first-order valence-electron chi connectivity index (χ1n) is 5.45. The van der Waals surface area contributed by atoms with Crippen LogP contribution in [0.15, 0.2) is 4.99 Å². The summed E-state index contributed by atoms with van der Waals surface area (Å²) in [6.45, 7) is 11.0. The van der Waals surface area contributed by atoms with Gasteiger partial charge in [0.25, 0.3) is 0 Å². The van der Waals surface area contributed by atoms with E-state index in [1.54, 1.807) is 0 Å². The molecule has 15 heavy (non-hydrogen) atoms. The molecule has 2 nitrogen and oxygen atoms in total. The fraction of sp³-hybridized carbons (Fsp3) is 0.909. The van der Waals surface area contributed by atoms with Crippen molar-refractivity contribution in [3.63, 3.8) is 0 Å². The minimum absolute atomic E-state index is 0.291. The number of thioether (sulfide) groups is 2. The molecule has 0 radical (unpaired) electrons. The molecule has 1 unspecified atom stereocenters. The summed E-state index contributed by atoms with van der Waals surface area (Å²) in [7, 11) is 0. The molecule has 1 rings (SSSR count). The lowest BCUT2D eigenvalue weighted by Gasteiger charge is -2.22. The molecule has 1 aliphatic rings. The Kier molecular flexibility index (Phi) is 4.84. The average Bonchev–Trinajstić information content (AvgIpc) is 2.63. The lowest BCUT2D eigenvalue weighted by molar-refractivity contribution is 0.621. The van der Waals surface area contributed by atoms with Gasteiger partial charge in [-0.1, -0.05) is 25.6 Å². The van der Waals surface area contributed by atoms with Gasteiger partial charge in [0.05, 0.1) is 6.54 Å². The Morgan fingerprint density at radius 3 is 2.73 bits per heavy atom. The lowest BCUT2D eigenvalue weighted by atomic mass is 10.1. The van der Waals surface area contributed by atoms with Gasteiger partial charge in [-0.15, -0.1) is 0 Å². The molecule has 0 aromatic carbocycles. The Hall–Kier alpha value is 0.170. The molecule has 0 fully saturated rings. The third-order valence-electron chi connectivity index (χ3n) is 2.64. The first-order valence-corrected chi connectivity index (χ1v) is 7.55. The Labute approximate surface area is 102 Å². The molecule has 4 heteroatoms. The van der Waals surface area contributed by atoms with Gasteiger partial charge in [0.15, 0.2) is 5.17 Å². The summed E-state index contributed by atoms with van der Waals surface area (Å²) in [5.74, 6) is 0.714. The Morgan fingerprint density at radius 1 is 1.60 bits per heavy atom. The van der Waals surface area contributed by atoms with Gasteiger partial charge >= 0.3 is 0 Å². The summed E-state index contributed by atoms with van der Waals surface area (Å²) >= 11 is 3.79. The molecule has 0 saturated carbocycles. The summed E-state index contributed by atoms with van der Waals surface area (Å²) in [4.78, 5) is 4.53. The third-order valence-corrected chi connectivity index (χ3v) is 5.38. The zero-order valence-electron chi connectivity index (χ0n) is 10.3. The number of hydrogen-bond acceptors (Lipinski definition) is 4. The van der Waals surface area contributed by atoms with Gasteiger partial charge in [-0.25, -0.2) is 0 Å². The maximum atomic E-state index is 4.53. The maximum Gasteiger partial charge on any atom is 0.156 e. The smallest absolute Gasteiger partial charge is 0.156 e. The summed E-state index contributed by atoms with van der Waals surface area (Å²) < 4.78 is 0.291. The van der Waals surface area contributed by atoms with Gasteiger partial charge in [-0.2, -0.15) is 11.8 Å². The molecular weight excluding hydrogens is 224 g/mol. The van der Waals surface area contributed by atoms with Crippen LogP contribution in [0.5, 0.6) is 0 Å². The summed E-state index contributed by atoms with van der Waals surface area (Å²) in [6, 6.07) is 0. The monoisotopic (exact) mass is 246 g/mol. The standard InChI is InChI=1S/C11H22N2S2/c1-8(2)9-6-12-10(15-9)13-7-11(3,4)14-5/h8-9H,6-7H2,1-5H3,(H,12,13). The van der Waals surface area contributed by atoms with Crippen LogP contribution in [0.4, 0.5) is 0 Å². The normalized spacial score (nSPS) is 22.0. The van der Waals surface area contributed by atoms with Crippen LogP contribution in [-0.2, 0) is 0 Å². The van der Waals surface area contributed by atoms with Crippen LogP contribution >= 0.6 is 23.5 Å². The van der Waals surface area contributed by atoms with E-state index in [4.69, 9.17) is 0 Å². The van der Waals surface area contributed by atoms with Crippen molar-refractivity contribution in [1.29, 1.82) is 0 Å². The van der Waals surface area contributed by atoms with Gasteiger partial charge in [0.1, 0.15) is 0 Å². The van der Waals surface area contributed by atoms with Gasteiger partial charge < -0.3 is 5.32 Å². The summed E-state index contributed by atoms with van der Waals surface area (Å²) in [5, 5.41) is 5.26. The van der Waals surface area contributed by atoms with Crippen molar-refractivity contribution in [3.8, 4) is 0 Å². The number of nitrogens with one attached hydrogen (secondary N) is 1. The number of aliphatic imine (C=N–C) groups is 1. The van der Waals surface area contributed by atoms with E-state index in [1.165, 1.54) is 0 Å². The number of rotatable bonds is 4. The molecule has 0 aromatic heterocycles. The molecular formula is C11H22N2S2. The fourth-order valence-corrected chi connectivity index (χ4v) is 2.43. The van der Waals surface area contributed by atoms with E-state index in [9.17, 15) is 0 Å². The average molecular weight is 246 g/mol. The highest BCUT2D eigenvalue weighted by Gasteiger charge is 2.24. The highest BCUT2D eigenvalue weighted by molar-refractivity contribution is 8.14. The number of amidine groups is 1. The molecule has 1 N–H and O–H groups in total. The van der Waals surface area contributed by atoms with Crippen LogP contribution in [0.2, 0.25) is 0 Å². The largest absolute Gasteiger partial charge is 0.364 e. The van der Waals surface area contributed by atoms with Crippen LogP contribution < -0.4 is 5.32 Å². The van der Waals surface area contributed by atoms with Crippen molar-refractivity contribution in [2.45, 2.75) is 37.7 Å². The van der Waals surface area contributed by atoms with Crippen molar-refractivity contribution in [3.05, 3.63) is 0 Å². The van der Waals surface area contributed by atoms with Crippen molar-refractivity contribution in [2.24, 2.45) is 10.9 Å². The molecule has 0 saturated heterocycles. The second kappa shape index (κ2) is 5.48. The van der Waals surface area contributed by atoms with Crippen LogP contribution in [0.25, 0.3) is 0 Å². The van der Waals surface area contributed by atoms with E-state index < -0.39 is 0 Å². The predicted molar refractivity (Wildman–Crippen MR) is 74.1 cm³/mol. The predicted octanol–water partition coefficient (Wildman–Crippen LogP) is 2.85. The Bertz CT molecular complexity index is 237. The molecule has 1 aliphatic heterocycles. The van der Waals surface area contributed by atoms with E-state index in [1.807, 2.05) is 23.5 Å². The second-order valence-corrected chi connectivity index (χ2v) is 7.60. The van der Waals surface area contributed by atoms with Crippen molar-refractivity contribution in [2.75, 3.05) is 19.3 Å². The van der Waals surface area contributed by atoms with Crippen LogP contribution in [0.1, 0.15) is 27.7 Å². The first kappa shape index (κ1) is 13.2. The lowest BCUT2D eigenvalue weighted by Crippen LogP contribution is -2.34. The minimum Gasteiger partial charge on any atom is -0.364 e. The van der Waals surface area contributed by atoms with Gasteiger partial charge in [-0.05, 0) is 26.0 Å². The molecule has 1 atom stereocenters. The van der Waals surface area contributed by atoms with E-state index in [0.717, 1.165) is 18.3 Å². The van der Waals surface area contributed by atoms with Gasteiger partial charge in [-0.3, -0.25) is 4.99 Å². The highest BCUT2D eigenvalue weighted by atomic mass is 32.2. The van der Waals surface area contributed by atoms with Gasteiger partial charge in [0.2, 0.25) is 0 Å². The van der Waals surface area contributed by atoms with Crippen LogP contribution in [0.3, 0.4) is 0 Å². The molecule has 0 aromatic rings. The van der Waals surface area contributed by atoms with Crippen molar-refractivity contribution >= 4 is 28.7 Å². The molecule has 0 aliphatic carbocycles. The number of hydrogen-bond donors (Lipinski definition) is 1. The third kappa shape index (κ3) is 4.27. The fourth-order valence-electron chi connectivity index (χ4n) is 1.20. The second-order valence-electron chi connectivity index (χ2n) is 4.86. The zero-order valence-corrected chi connectivity index (χ0v) is 12.0. The van der Waals surface area contributed by atoms with E-state index in [-0.39, 0.29) is 0 Å². The quantitative estimate of drug-likeness (QED) is 0.825. The minimum atomic E-state index is 0.291. The Morgan fingerprint density at radius 2 is 2.27 bits per heavy atom. The molecule has 0 spiro atoms. The molecule has 0 bridgehead atoms. The van der Waals surface area contributed by atoms with Crippen LogP contribution in [0, 0.1) is 5.92 Å². The highest BCUT2D eigenvalue weighted by Crippen LogP contribution is 2.27. The maximum absolute atomic E-state index is 4.53. The van der Waals surface area contributed by atoms with Crippen molar-refractivity contribution in [1.82, 2.24) is 5.32 Å². The van der Waals surface area contributed by atoms with E-state index in [2.05, 4.69) is 44.3 Å². The topological polar surface area (TPSA) is 24.4 Å². The SMILES string of the molecule is CSC(C)(C)CNC1=NCC(C(C)C)S1. The molecule has 1 heterocycles.